The molecule has 0 aliphatic carbocycles. The van der Waals surface area contributed by atoms with Gasteiger partial charge >= 0.3 is 6.09 Å². The Morgan fingerprint density at radius 2 is 1.69 bits per heavy atom. The Labute approximate surface area is 186 Å². The average Bonchev–Trinajstić information content (AvgIpc) is 2.63. The number of hydrogen-bond acceptors (Lipinski definition) is 6. The SMILES string of the molecule is CC(C)CNC(=O)[C@H](CCS(C)(=O)=O)NC[C@H](O)[C@H](Cc1cc(F)cc(F)c1)NC(=O)O. The molecule has 0 unspecified atom stereocenters. The molecule has 3 atom stereocenters. The van der Waals surface area contributed by atoms with Crippen LogP contribution in [0.5, 0.6) is 0 Å². The fourth-order valence-corrected chi connectivity index (χ4v) is 3.58. The number of aliphatic hydroxyl groups is 1. The number of carboxylic acid groups (broad SMARTS) is 1. The fraction of sp³-hybridized carbons (Fsp3) is 0.600. The summed E-state index contributed by atoms with van der Waals surface area (Å²) in [7, 11) is -3.35. The number of halogens is 2. The molecule has 0 saturated heterocycles. The van der Waals surface area contributed by atoms with Crippen LogP contribution in [-0.2, 0) is 21.1 Å². The molecule has 0 radical (unpaired) electrons. The van der Waals surface area contributed by atoms with Crippen LogP contribution in [0.3, 0.4) is 0 Å². The van der Waals surface area contributed by atoms with E-state index in [9.17, 15) is 31.9 Å². The second-order valence-electron chi connectivity index (χ2n) is 8.12. The van der Waals surface area contributed by atoms with E-state index in [1.54, 1.807) is 0 Å². The van der Waals surface area contributed by atoms with Gasteiger partial charge in [0.25, 0.3) is 0 Å². The average molecular weight is 480 g/mol. The van der Waals surface area contributed by atoms with E-state index in [1.165, 1.54) is 0 Å². The van der Waals surface area contributed by atoms with Crippen molar-refractivity contribution in [2.24, 2.45) is 5.92 Å². The van der Waals surface area contributed by atoms with E-state index in [0.29, 0.717) is 12.6 Å². The van der Waals surface area contributed by atoms with Crippen LogP contribution in [0.2, 0.25) is 0 Å². The number of hydrogen-bond donors (Lipinski definition) is 5. The van der Waals surface area contributed by atoms with E-state index in [2.05, 4.69) is 16.0 Å². The molecule has 0 bridgehead atoms. The molecule has 0 saturated carbocycles. The molecule has 0 aliphatic heterocycles. The van der Waals surface area contributed by atoms with E-state index >= 15 is 0 Å². The predicted octanol–water partition coefficient (Wildman–Crippen LogP) is 0.670. The van der Waals surface area contributed by atoms with Crippen LogP contribution in [-0.4, -0.2) is 73.9 Å². The Hall–Kier alpha value is -2.31. The monoisotopic (exact) mass is 479 g/mol. The number of benzene rings is 1. The standard InChI is InChI=1S/C20H31F2N3O6S/c1-12(2)10-24-19(27)16(4-5-32(3,30)31)23-11-18(26)17(25-20(28)29)8-13-6-14(21)9-15(22)7-13/h6-7,9,12,16-18,23,25-26H,4-5,8,10-11H2,1-3H3,(H,24,27)(H,28,29)/t16-,17-,18-/m0/s1. The minimum absolute atomic E-state index is 0.0540. The summed E-state index contributed by atoms with van der Waals surface area (Å²) in [5, 5.41) is 27.1. The maximum Gasteiger partial charge on any atom is 0.404 e. The number of amides is 2. The van der Waals surface area contributed by atoms with Crippen LogP contribution < -0.4 is 16.0 Å². The summed E-state index contributed by atoms with van der Waals surface area (Å²) in [6.07, 6.45) is -2.06. The summed E-state index contributed by atoms with van der Waals surface area (Å²) in [5.41, 5.74) is 0.128. The molecule has 1 aromatic rings. The molecule has 0 aliphatic rings. The third-order valence-corrected chi connectivity index (χ3v) is 5.48. The number of carbonyl (C=O) groups excluding carboxylic acids is 1. The van der Waals surface area contributed by atoms with Gasteiger partial charge in [0.2, 0.25) is 5.91 Å². The second-order valence-corrected chi connectivity index (χ2v) is 10.4. The lowest BCUT2D eigenvalue weighted by atomic mass is 10.0. The van der Waals surface area contributed by atoms with Gasteiger partial charge in [0, 0.05) is 25.4 Å². The zero-order chi connectivity index (χ0) is 24.5. The zero-order valence-corrected chi connectivity index (χ0v) is 19.1. The van der Waals surface area contributed by atoms with Crippen molar-refractivity contribution in [1.82, 2.24) is 16.0 Å². The Balaban J connectivity index is 2.89. The van der Waals surface area contributed by atoms with Crippen molar-refractivity contribution in [3.05, 3.63) is 35.4 Å². The molecule has 12 heteroatoms. The van der Waals surface area contributed by atoms with E-state index in [4.69, 9.17) is 5.11 Å². The molecule has 0 heterocycles. The topological polar surface area (TPSA) is 145 Å². The van der Waals surface area contributed by atoms with E-state index < -0.39 is 51.7 Å². The van der Waals surface area contributed by atoms with Crippen LogP contribution in [0.15, 0.2) is 18.2 Å². The first kappa shape index (κ1) is 27.7. The van der Waals surface area contributed by atoms with Gasteiger partial charge in [0.1, 0.15) is 21.5 Å². The zero-order valence-electron chi connectivity index (χ0n) is 18.3. The number of carbonyl (C=O) groups is 2. The first-order valence-corrected chi connectivity index (χ1v) is 12.1. The van der Waals surface area contributed by atoms with Gasteiger partial charge in [-0.2, -0.15) is 0 Å². The lowest BCUT2D eigenvalue weighted by Gasteiger charge is -2.26. The van der Waals surface area contributed by atoms with Gasteiger partial charge < -0.3 is 26.2 Å². The van der Waals surface area contributed by atoms with Gasteiger partial charge in [-0.25, -0.2) is 22.0 Å². The summed E-state index contributed by atoms with van der Waals surface area (Å²) >= 11 is 0. The maximum absolute atomic E-state index is 13.5. The summed E-state index contributed by atoms with van der Waals surface area (Å²) in [4.78, 5) is 23.6. The Bertz CT molecular complexity index is 862. The molecule has 2 amide bonds. The number of nitrogens with one attached hydrogen (secondary N) is 3. The van der Waals surface area contributed by atoms with Crippen LogP contribution in [0.1, 0.15) is 25.8 Å². The molecular formula is C20H31F2N3O6S. The molecule has 5 N–H and O–H groups in total. The lowest BCUT2D eigenvalue weighted by Crippen LogP contribution is -2.53. The smallest absolute Gasteiger partial charge is 0.404 e. The van der Waals surface area contributed by atoms with Crippen LogP contribution >= 0.6 is 0 Å². The predicted molar refractivity (Wildman–Crippen MR) is 115 cm³/mol. The number of sulfone groups is 1. The molecule has 182 valence electrons. The lowest BCUT2D eigenvalue weighted by molar-refractivity contribution is -0.123. The van der Waals surface area contributed by atoms with E-state index in [-0.39, 0.29) is 36.6 Å². The maximum atomic E-state index is 13.5. The van der Waals surface area contributed by atoms with Gasteiger partial charge in [0.05, 0.1) is 23.9 Å². The molecule has 0 aromatic heterocycles. The third kappa shape index (κ3) is 11.3. The minimum atomic E-state index is -3.35. The van der Waals surface area contributed by atoms with Crippen LogP contribution in [0, 0.1) is 17.6 Å². The van der Waals surface area contributed by atoms with Crippen molar-refractivity contribution < 1.29 is 37.0 Å². The van der Waals surface area contributed by atoms with Crippen LogP contribution in [0.4, 0.5) is 13.6 Å². The minimum Gasteiger partial charge on any atom is -0.465 e. The Morgan fingerprint density at radius 1 is 1.09 bits per heavy atom. The number of rotatable bonds is 13. The molecule has 0 fully saturated rings. The van der Waals surface area contributed by atoms with Gasteiger partial charge in [-0.1, -0.05) is 13.8 Å². The highest BCUT2D eigenvalue weighted by molar-refractivity contribution is 7.90. The Kier molecular flexibility index (Phi) is 11.0. The van der Waals surface area contributed by atoms with Crippen molar-refractivity contribution in [3.63, 3.8) is 0 Å². The van der Waals surface area contributed by atoms with Crippen molar-refractivity contribution in [2.45, 2.75) is 44.9 Å². The first-order chi connectivity index (χ1) is 14.8. The molecule has 1 rings (SSSR count). The van der Waals surface area contributed by atoms with Crippen molar-refractivity contribution in [3.8, 4) is 0 Å². The van der Waals surface area contributed by atoms with Crippen molar-refractivity contribution >= 4 is 21.8 Å². The first-order valence-electron chi connectivity index (χ1n) is 10.1. The Morgan fingerprint density at radius 3 is 2.19 bits per heavy atom. The van der Waals surface area contributed by atoms with Crippen LogP contribution in [0.25, 0.3) is 0 Å². The second kappa shape index (κ2) is 12.7. The highest BCUT2D eigenvalue weighted by Crippen LogP contribution is 2.12. The van der Waals surface area contributed by atoms with Gasteiger partial charge in [-0.15, -0.1) is 0 Å². The molecule has 0 spiro atoms. The summed E-state index contributed by atoms with van der Waals surface area (Å²) < 4.78 is 49.9. The quantitative estimate of drug-likeness (QED) is 0.280. The van der Waals surface area contributed by atoms with Crippen molar-refractivity contribution in [2.75, 3.05) is 25.1 Å². The molecule has 9 nitrogen and oxygen atoms in total. The summed E-state index contributed by atoms with van der Waals surface area (Å²) in [6.45, 7) is 3.87. The highest BCUT2D eigenvalue weighted by Gasteiger charge is 2.26. The third-order valence-electron chi connectivity index (χ3n) is 4.50. The molecule has 1 aromatic carbocycles. The van der Waals surface area contributed by atoms with E-state index in [0.717, 1.165) is 18.4 Å². The van der Waals surface area contributed by atoms with Gasteiger partial charge in [-0.3, -0.25) is 4.79 Å². The highest BCUT2D eigenvalue weighted by atomic mass is 32.2. The van der Waals surface area contributed by atoms with Gasteiger partial charge in [-0.05, 0) is 36.5 Å². The summed E-state index contributed by atoms with van der Waals surface area (Å²) in [6, 6.07) is 0.622. The van der Waals surface area contributed by atoms with Crippen molar-refractivity contribution in [1.29, 1.82) is 0 Å². The normalized spacial score (nSPS) is 14.6. The molecular weight excluding hydrogens is 448 g/mol. The fourth-order valence-electron chi connectivity index (χ4n) is 2.92. The molecule has 32 heavy (non-hydrogen) atoms. The van der Waals surface area contributed by atoms with Gasteiger partial charge in [0.15, 0.2) is 0 Å². The van der Waals surface area contributed by atoms with E-state index in [1.807, 2.05) is 13.8 Å². The summed E-state index contributed by atoms with van der Waals surface area (Å²) in [5.74, 6) is -2.25. The number of aliphatic hydroxyl groups excluding tert-OH is 1. The largest absolute Gasteiger partial charge is 0.465 e.